The highest BCUT2D eigenvalue weighted by Crippen LogP contribution is 2.69. The Labute approximate surface area is 128 Å². The van der Waals surface area contributed by atoms with Gasteiger partial charge in [0.15, 0.2) is 5.60 Å². The van der Waals surface area contributed by atoms with Crippen LogP contribution in [0.4, 0.5) is 0 Å². The molecule has 3 fully saturated rings. The topological polar surface area (TPSA) is 61.8 Å². The summed E-state index contributed by atoms with van der Waals surface area (Å²) < 4.78 is 16.6. The Kier molecular flexibility index (Phi) is 2.85. The van der Waals surface area contributed by atoms with Crippen LogP contribution in [-0.4, -0.2) is 30.8 Å². The first-order valence-electron chi connectivity index (χ1n) is 7.62. The van der Waals surface area contributed by atoms with Crippen LogP contribution in [0.5, 0.6) is 0 Å². The minimum Gasteiger partial charge on any atom is -0.468 e. The Bertz CT molecular complexity index is 627. The Morgan fingerprint density at radius 2 is 2.09 bits per heavy atom. The van der Waals surface area contributed by atoms with Crippen molar-refractivity contribution in [1.82, 2.24) is 0 Å². The molecular weight excluding hydrogens is 284 g/mol. The van der Waals surface area contributed by atoms with Crippen LogP contribution < -0.4 is 0 Å². The van der Waals surface area contributed by atoms with Gasteiger partial charge in [-0.1, -0.05) is 30.3 Å². The molecule has 0 radical (unpaired) electrons. The van der Waals surface area contributed by atoms with Gasteiger partial charge in [-0.2, -0.15) is 0 Å². The lowest BCUT2D eigenvalue weighted by atomic mass is 9.44. The van der Waals surface area contributed by atoms with Gasteiger partial charge >= 0.3 is 11.9 Å². The van der Waals surface area contributed by atoms with E-state index in [0.29, 0.717) is 12.8 Å². The van der Waals surface area contributed by atoms with Crippen molar-refractivity contribution >= 4 is 11.9 Å². The summed E-state index contributed by atoms with van der Waals surface area (Å²) >= 11 is 0. The van der Waals surface area contributed by atoms with E-state index in [1.165, 1.54) is 7.11 Å². The summed E-state index contributed by atoms with van der Waals surface area (Å²) in [7, 11) is 1.35. The fourth-order valence-electron chi connectivity index (χ4n) is 4.54. The molecule has 0 N–H and O–H groups in total. The van der Waals surface area contributed by atoms with Crippen LogP contribution >= 0.6 is 0 Å². The quantitative estimate of drug-likeness (QED) is 0.794. The van der Waals surface area contributed by atoms with Gasteiger partial charge in [0.1, 0.15) is 11.5 Å². The van der Waals surface area contributed by atoms with E-state index in [2.05, 4.69) is 0 Å². The average molecular weight is 302 g/mol. The molecule has 0 spiro atoms. The van der Waals surface area contributed by atoms with Gasteiger partial charge in [-0.3, -0.25) is 4.79 Å². The second-order valence-electron chi connectivity index (χ2n) is 6.35. The Morgan fingerprint density at radius 1 is 1.32 bits per heavy atom. The van der Waals surface area contributed by atoms with Crippen LogP contribution in [0.1, 0.15) is 24.8 Å². The van der Waals surface area contributed by atoms with E-state index in [0.717, 1.165) is 12.0 Å². The average Bonchev–Trinajstić information content (AvgIpc) is 2.64. The molecule has 22 heavy (non-hydrogen) atoms. The zero-order chi connectivity index (χ0) is 15.4. The molecule has 0 amide bonds. The summed E-state index contributed by atoms with van der Waals surface area (Å²) in [6.07, 6.45) is 1.77. The molecule has 1 aromatic carbocycles. The maximum Gasteiger partial charge on any atom is 0.340 e. The van der Waals surface area contributed by atoms with Gasteiger partial charge in [-0.05, 0) is 24.8 Å². The zero-order valence-corrected chi connectivity index (χ0v) is 12.4. The summed E-state index contributed by atoms with van der Waals surface area (Å²) in [5.41, 5.74) is -1.13. The number of fused-ring (bicyclic) bond motifs is 2. The molecule has 2 bridgehead atoms. The van der Waals surface area contributed by atoms with Crippen LogP contribution in [0, 0.1) is 11.3 Å². The number of carbonyl (C=O) groups is 2. The number of carbonyl (C=O) groups excluding carboxylic acids is 2. The number of methoxy groups -OCH3 is 1. The Balaban J connectivity index is 1.68. The molecule has 0 aromatic heterocycles. The number of hydrogen-bond acceptors (Lipinski definition) is 5. The Morgan fingerprint density at radius 3 is 2.82 bits per heavy atom. The molecule has 5 nitrogen and oxygen atoms in total. The molecule has 0 unspecified atom stereocenters. The SMILES string of the molecule is COC(=O)[C@]12C[C@@H]3CC[C@H]1OC(=O)[C@@]32OCc1ccccc1. The zero-order valence-electron chi connectivity index (χ0n) is 12.4. The summed E-state index contributed by atoms with van der Waals surface area (Å²) in [6.45, 7) is 0.290. The third kappa shape index (κ3) is 1.42. The maximum absolute atomic E-state index is 12.5. The smallest absolute Gasteiger partial charge is 0.340 e. The highest BCUT2D eigenvalue weighted by molar-refractivity contribution is 5.97. The third-order valence-electron chi connectivity index (χ3n) is 5.54. The first kappa shape index (κ1) is 13.8. The molecule has 5 heteroatoms. The molecule has 1 aliphatic heterocycles. The normalized spacial score (nSPS) is 38.1. The molecule has 3 aliphatic rings. The maximum atomic E-state index is 12.5. The minimum atomic E-state index is -1.15. The van der Waals surface area contributed by atoms with E-state index in [-0.39, 0.29) is 18.5 Å². The van der Waals surface area contributed by atoms with Crippen molar-refractivity contribution in [1.29, 1.82) is 0 Å². The standard InChI is InChI=1S/C17H18O5/c1-20-14(18)16-9-12-7-8-13(16)22-15(19)17(12,16)21-10-11-5-3-2-4-6-11/h2-6,12-13H,7-10H2,1H3/t12-,13+,16-,17-/m0/s1. The van der Waals surface area contributed by atoms with Crippen LogP contribution in [0.2, 0.25) is 0 Å². The molecule has 2 saturated carbocycles. The van der Waals surface area contributed by atoms with E-state index in [4.69, 9.17) is 14.2 Å². The number of esters is 2. The molecule has 1 saturated heterocycles. The highest BCUT2D eigenvalue weighted by atomic mass is 16.6. The second-order valence-corrected chi connectivity index (χ2v) is 6.35. The predicted molar refractivity (Wildman–Crippen MR) is 75.6 cm³/mol. The second kappa shape index (κ2) is 4.56. The molecule has 1 aromatic rings. The largest absolute Gasteiger partial charge is 0.468 e. The summed E-state index contributed by atoms with van der Waals surface area (Å²) in [6, 6.07) is 9.64. The number of hydrogen-bond donors (Lipinski definition) is 0. The summed E-state index contributed by atoms with van der Waals surface area (Å²) in [5, 5.41) is 0. The number of benzene rings is 1. The first-order valence-corrected chi connectivity index (χ1v) is 7.62. The van der Waals surface area contributed by atoms with Crippen LogP contribution in [0.25, 0.3) is 0 Å². The predicted octanol–water partition coefficient (Wildman–Crippen LogP) is 1.84. The van der Waals surface area contributed by atoms with Gasteiger partial charge in [0, 0.05) is 5.92 Å². The van der Waals surface area contributed by atoms with Crippen molar-refractivity contribution in [3.8, 4) is 0 Å². The van der Waals surface area contributed by atoms with Crippen LogP contribution in [-0.2, 0) is 30.4 Å². The van der Waals surface area contributed by atoms with Crippen LogP contribution in [0.15, 0.2) is 30.3 Å². The van der Waals surface area contributed by atoms with Gasteiger partial charge in [0.2, 0.25) is 0 Å². The van der Waals surface area contributed by atoms with Gasteiger partial charge in [-0.15, -0.1) is 0 Å². The highest BCUT2D eigenvalue weighted by Gasteiger charge is 2.85. The van der Waals surface area contributed by atoms with E-state index in [9.17, 15) is 9.59 Å². The summed E-state index contributed by atoms with van der Waals surface area (Å²) in [5.74, 6) is -0.735. The van der Waals surface area contributed by atoms with Gasteiger partial charge < -0.3 is 14.2 Å². The molecule has 4 atom stereocenters. The molecular formula is C17H18O5. The van der Waals surface area contributed by atoms with E-state index >= 15 is 0 Å². The minimum absolute atomic E-state index is 0.0431. The lowest BCUT2D eigenvalue weighted by Crippen LogP contribution is -2.73. The molecule has 1 heterocycles. The fourth-order valence-corrected chi connectivity index (χ4v) is 4.54. The molecule has 116 valence electrons. The molecule has 4 rings (SSSR count). The van der Waals surface area contributed by atoms with Crippen molar-refractivity contribution in [2.75, 3.05) is 7.11 Å². The van der Waals surface area contributed by atoms with Crippen molar-refractivity contribution in [3.63, 3.8) is 0 Å². The van der Waals surface area contributed by atoms with Crippen molar-refractivity contribution in [2.45, 2.75) is 37.6 Å². The van der Waals surface area contributed by atoms with Crippen molar-refractivity contribution < 1.29 is 23.8 Å². The number of ether oxygens (including phenoxy) is 3. The third-order valence-corrected chi connectivity index (χ3v) is 5.54. The lowest BCUT2D eigenvalue weighted by molar-refractivity contribution is -0.252. The fraction of sp³-hybridized carbons (Fsp3) is 0.529. The summed E-state index contributed by atoms with van der Waals surface area (Å²) in [4.78, 5) is 24.9. The van der Waals surface area contributed by atoms with E-state index in [1.54, 1.807) is 0 Å². The van der Waals surface area contributed by atoms with Crippen molar-refractivity contribution in [2.24, 2.45) is 11.3 Å². The molecule has 2 aliphatic carbocycles. The monoisotopic (exact) mass is 302 g/mol. The first-order chi connectivity index (χ1) is 10.6. The van der Waals surface area contributed by atoms with Gasteiger partial charge in [0.25, 0.3) is 0 Å². The van der Waals surface area contributed by atoms with Crippen molar-refractivity contribution in [3.05, 3.63) is 35.9 Å². The lowest BCUT2D eigenvalue weighted by Gasteiger charge is -2.59. The Hall–Kier alpha value is -1.88. The van der Waals surface area contributed by atoms with Crippen LogP contribution in [0.3, 0.4) is 0 Å². The number of rotatable bonds is 4. The van der Waals surface area contributed by atoms with Gasteiger partial charge in [-0.25, -0.2) is 4.79 Å². The van der Waals surface area contributed by atoms with Gasteiger partial charge in [0.05, 0.1) is 13.7 Å². The van der Waals surface area contributed by atoms with E-state index < -0.39 is 23.1 Å². The van der Waals surface area contributed by atoms with E-state index in [1.807, 2.05) is 30.3 Å².